The average molecular weight is 133 g/mol. The molecule has 0 heterocycles. The number of hydrogen-bond donors (Lipinski definition) is 1. The lowest BCUT2D eigenvalue weighted by molar-refractivity contribution is 0.284. The third-order valence-corrected chi connectivity index (χ3v) is 1.43. The smallest absolute Gasteiger partial charge is 0.151 e. The number of alkyl halides is 1. The molecule has 0 saturated heterocycles. The fourth-order valence-electron chi connectivity index (χ4n) is 0.869. The van der Waals surface area contributed by atoms with Gasteiger partial charge < -0.3 is 5.73 Å². The van der Waals surface area contributed by atoms with Crippen molar-refractivity contribution in [2.75, 3.05) is 0 Å². The van der Waals surface area contributed by atoms with E-state index in [2.05, 4.69) is 0 Å². The largest absolute Gasteiger partial charge is 0.324 e. The molecule has 1 nitrogen and oxygen atoms in total. The molecule has 3 heteroatoms. The van der Waals surface area contributed by atoms with E-state index < -0.39 is 12.0 Å². The molecule has 0 radical (unpaired) electrons. The van der Waals surface area contributed by atoms with Gasteiger partial charge in [0.05, 0.1) is 0 Å². The van der Waals surface area contributed by atoms with Crippen LogP contribution in [0.5, 0.6) is 0 Å². The second-order valence-corrected chi connectivity index (χ2v) is 2.26. The topological polar surface area (TPSA) is 26.0 Å². The van der Waals surface area contributed by atoms with Crippen molar-refractivity contribution in [2.24, 2.45) is 5.73 Å². The van der Waals surface area contributed by atoms with Crippen LogP contribution in [0, 0.1) is 0 Å². The minimum atomic E-state index is -1.40. The van der Waals surface area contributed by atoms with Gasteiger partial charge in [-0.3, -0.25) is 0 Å². The van der Waals surface area contributed by atoms with Crippen molar-refractivity contribution in [2.45, 2.75) is 25.1 Å². The van der Waals surface area contributed by atoms with E-state index in [4.69, 9.17) is 5.73 Å². The third kappa shape index (κ3) is 1.48. The van der Waals surface area contributed by atoms with Gasteiger partial charge in [0, 0.05) is 6.04 Å². The zero-order valence-electron chi connectivity index (χ0n) is 4.98. The maximum Gasteiger partial charge on any atom is 0.151 e. The van der Waals surface area contributed by atoms with E-state index >= 15 is 0 Å². The maximum atomic E-state index is 12.3. The molecule has 9 heavy (non-hydrogen) atoms. The molecule has 52 valence electrons. The van der Waals surface area contributed by atoms with Crippen LogP contribution in [0.2, 0.25) is 0 Å². The van der Waals surface area contributed by atoms with Crippen molar-refractivity contribution < 1.29 is 8.78 Å². The van der Waals surface area contributed by atoms with Crippen LogP contribution in [0.4, 0.5) is 8.78 Å². The van der Waals surface area contributed by atoms with Gasteiger partial charge >= 0.3 is 0 Å². The standard InChI is InChI=1S/C6H9F2N/c7-5-2-1-4(9)3-6(5)8/h3-5H,1-2,9H2/t4-,5+/m1/s1. The van der Waals surface area contributed by atoms with Gasteiger partial charge in [-0.25, -0.2) is 8.78 Å². The van der Waals surface area contributed by atoms with Gasteiger partial charge in [0.25, 0.3) is 0 Å². The Labute approximate surface area is 52.5 Å². The Morgan fingerprint density at radius 2 is 2.22 bits per heavy atom. The molecule has 1 aliphatic rings. The van der Waals surface area contributed by atoms with Crippen molar-refractivity contribution in [3.8, 4) is 0 Å². The van der Waals surface area contributed by atoms with E-state index in [1.807, 2.05) is 0 Å². The van der Waals surface area contributed by atoms with Crippen LogP contribution in [0.25, 0.3) is 0 Å². The van der Waals surface area contributed by atoms with Gasteiger partial charge in [-0.1, -0.05) is 0 Å². The molecule has 0 amide bonds. The minimum Gasteiger partial charge on any atom is -0.324 e. The summed E-state index contributed by atoms with van der Waals surface area (Å²) in [5.41, 5.74) is 5.30. The molecular formula is C6H9F2N. The van der Waals surface area contributed by atoms with Gasteiger partial charge in [-0.2, -0.15) is 0 Å². The second kappa shape index (κ2) is 2.43. The van der Waals surface area contributed by atoms with Crippen molar-refractivity contribution in [1.29, 1.82) is 0 Å². The Morgan fingerprint density at radius 1 is 1.56 bits per heavy atom. The predicted octanol–water partition coefficient (Wildman–Crippen LogP) is 1.30. The highest BCUT2D eigenvalue weighted by Gasteiger charge is 2.19. The second-order valence-electron chi connectivity index (χ2n) is 2.26. The molecule has 0 aromatic rings. The quantitative estimate of drug-likeness (QED) is 0.529. The summed E-state index contributed by atoms with van der Waals surface area (Å²) in [6.07, 6.45) is 0.525. The molecule has 1 aliphatic carbocycles. The SMILES string of the molecule is N[C@H]1C=C(F)[C@@H](F)CC1. The highest BCUT2D eigenvalue weighted by atomic mass is 19.2. The first kappa shape index (κ1) is 6.68. The number of hydrogen-bond acceptors (Lipinski definition) is 1. The van der Waals surface area contributed by atoms with E-state index in [9.17, 15) is 8.78 Å². The molecule has 0 bridgehead atoms. The first-order chi connectivity index (χ1) is 4.20. The molecule has 1 rings (SSSR count). The zero-order chi connectivity index (χ0) is 6.85. The fraction of sp³-hybridized carbons (Fsp3) is 0.667. The van der Waals surface area contributed by atoms with Gasteiger partial charge in [-0.15, -0.1) is 0 Å². The van der Waals surface area contributed by atoms with Crippen molar-refractivity contribution in [3.63, 3.8) is 0 Å². The molecule has 0 saturated carbocycles. The normalized spacial score (nSPS) is 36.1. The average Bonchev–Trinajstić information content (AvgIpc) is 1.80. The number of halogens is 2. The molecule has 0 unspecified atom stereocenters. The summed E-state index contributed by atoms with van der Waals surface area (Å²) in [5.74, 6) is -0.700. The summed E-state index contributed by atoms with van der Waals surface area (Å²) in [6, 6.07) is -0.281. The highest BCUT2D eigenvalue weighted by Crippen LogP contribution is 2.20. The maximum absolute atomic E-state index is 12.3. The van der Waals surface area contributed by atoms with Crippen molar-refractivity contribution in [3.05, 3.63) is 11.9 Å². The molecule has 0 aromatic heterocycles. The van der Waals surface area contributed by atoms with Crippen molar-refractivity contribution >= 4 is 0 Å². The molecule has 2 atom stereocenters. The molecule has 0 spiro atoms. The monoisotopic (exact) mass is 133 g/mol. The highest BCUT2D eigenvalue weighted by molar-refractivity contribution is 5.07. The summed E-state index contributed by atoms with van der Waals surface area (Å²) in [7, 11) is 0. The van der Waals surface area contributed by atoms with E-state index in [0.717, 1.165) is 6.08 Å². The number of nitrogens with two attached hydrogens (primary N) is 1. The van der Waals surface area contributed by atoms with Crippen LogP contribution in [0.1, 0.15) is 12.8 Å². The Kier molecular flexibility index (Phi) is 1.81. The minimum absolute atomic E-state index is 0.226. The Balaban J connectivity index is 2.61. The molecule has 0 aromatic carbocycles. The molecule has 2 N–H and O–H groups in total. The number of rotatable bonds is 0. The summed E-state index contributed by atoms with van der Waals surface area (Å²) >= 11 is 0. The van der Waals surface area contributed by atoms with Crippen LogP contribution >= 0.6 is 0 Å². The number of allylic oxidation sites excluding steroid dienone is 1. The van der Waals surface area contributed by atoms with Gasteiger partial charge in [0.1, 0.15) is 5.83 Å². The summed E-state index contributed by atoms with van der Waals surface area (Å²) in [6.45, 7) is 0. The lowest BCUT2D eigenvalue weighted by Gasteiger charge is -2.15. The first-order valence-corrected chi connectivity index (χ1v) is 2.97. The summed E-state index contributed by atoms with van der Waals surface area (Å²) in [5, 5.41) is 0. The van der Waals surface area contributed by atoms with Crippen LogP contribution in [-0.2, 0) is 0 Å². The third-order valence-electron chi connectivity index (χ3n) is 1.43. The van der Waals surface area contributed by atoms with E-state index in [1.54, 1.807) is 0 Å². The Bertz CT molecular complexity index is 133. The summed E-state index contributed by atoms with van der Waals surface area (Å²) in [4.78, 5) is 0. The van der Waals surface area contributed by atoms with Crippen LogP contribution < -0.4 is 5.73 Å². The molecule has 0 aliphatic heterocycles. The van der Waals surface area contributed by atoms with Crippen molar-refractivity contribution in [1.82, 2.24) is 0 Å². The van der Waals surface area contributed by atoms with Gasteiger partial charge in [-0.05, 0) is 18.9 Å². The molecule has 0 fully saturated rings. The van der Waals surface area contributed by atoms with Crippen LogP contribution in [0.15, 0.2) is 11.9 Å². The van der Waals surface area contributed by atoms with Gasteiger partial charge in [0.2, 0.25) is 0 Å². The lowest BCUT2D eigenvalue weighted by atomic mass is 10.0. The van der Waals surface area contributed by atoms with Gasteiger partial charge in [0.15, 0.2) is 6.17 Å². The van der Waals surface area contributed by atoms with E-state index in [0.29, 0.717) is 6.42 Å². The Morgan fingerprint density at radius 3 is 2.67 bits per heavy atom. The zero-order valence-corrected chi connectivity index (χ0v) is 4.98. The fourth-order valence-corrected chi connectivity index (χ4v) is 0.869. The Hall–Kier alpha value is -0.440. The lowest BCUT2D eigenvalue weighted by Crippen LogP contribution is -2.24. The summed E-state index contributed by atoms with van der Waals surface area (Å²) < 4.78 is 24.5. The first-order valence-electron chi connectivity index (χ1n) is 2.97. The van der Waals surface area contributed by atoms with Crippen LogP contribution in [0.3, 0.4) is 0 Å². The molecular weight excluding hydrogens is 124 g/mol. The predicted molar refractivity (Wildman–Crippen MR) is 31.3 cm³/mol. The van der Waals surface area contributed by atoms with Crippen LogP contribution in [-0.4, -0.2) is 12.2 Å². The van der Waals surface area contributed by atoms with E-state index in [-0.39, 0.29) is 12.5 Å². The van der Waals surface area contributed by atoms with E-state index in [1.165, 1.54) is 0 Å².